The topological polar surface area (TPSA) is 24.6 Å². The van der Waals surface area contributed by atoms with Crippen molar-refractivity contribution in [1.29, 1.82) is 0 Å². The Morgan fingerprint density at radius 2 is 1.09 bits per heavy atom. The van der Waals surface area contributed by atoms with Gasteiger partial charge >= 0.3 is 0 Å². The fraction of sp³-hybridized carbons (Fsp3) is 0. The highest BCUT2D eigenvalue weighted by Crippen LogP contribution is 2.47. The van der Waals surface area contributed by atoms with Crippen molar-refractivity contribution < 1.29 is 4.42 Å². The lowest BCUT2D eigenvalue weighted by Gasteiger charge is -2.41. The SMILES string of the molecule is c1ccc(N(c2ccccc2)c2cc3c4c(c2)-n2c5ccc6oc7ccccc7c6c5c5cccc(c52)B4c2ccccc2N3c2ccccc2)cc1. The van der Waals surface area contributed by atoms with Crippen LogP contribution in [-0.2, 0) is 0 Å². The van der Waals surface area contributed by atoms with Crippen molar-refractivity contribution in [1.82, 2.24) is 4.57 Å². The standard InChI is InChI=1S/C48H30BN3O/c1-4-15-31(16-5-1)50(32-17-6-2-7-18-32)34-29-41-47-42(30-34)52-40-27-28-44-46(35-21-10-13-26-43(35)53-44)45(40)36-22-14-24-38(48(36)52)49(47)37-23-11-12-25-39(37)51(41)33-19-8-3-9-20-33/h1-30H. The molecule has 2 aromatic heterocycles. The molecule has 0 N–H and O–H groups in total. The van der Waals surface area contributed by atoms with Crippen LogP contribution in [0.15, 0.2) is 186 Å². The summed E-state index contributed by atoms with van der Waals surface area (Å²) in [5.41, 5.74) is 16.2. The zero-order chi connectivity index (χ0) is 34.6. The number of para-hydroxylation sites is 6. The molecule has 0 bridgehead atoms. The first-order chi connectivity index (χ1) is 26.3. The second-order valence-electron chi connectivity index (χ2n) is 14.1. The van der Waals surface area contributed by atoms with Gasteiger partial charge in [0.1, 0.15) is 11.2 Å². The maximum atomic E-state index is 6.47. The van der Waals surface area contributed by atoms with Gasteiger partial charge in [0.15, 0.2) is 0 Å². The van der Waals surface area contributed by atoms with Crippen molar-refractivity contribution in [2.24, 2.45) is 0 Å². The quantitative estimate of drug-likeness (QED) is 0.174. The Morgan fingerprint density at radius 3 is 1.89 bits per heavy atom. The maximum Gasteiger partial charge on any atom is 0.252 e. The highest BCUT2D eigenvalue weighted by molar-refractivity contribution is 7.00. The Morgan fingerprint density at radius 1 is 0.453 bits per heavy atom. The van der Waals surface area contributed by atoms with Crippen LogP contribution in [0, 0.1) is 0 Å². The third kappa shape index (κ3) is 3.91. The van der Waals surface area contributed by atoms with Crippen LogP contribution in [0.25, 0.3) is 49.4 Å². The van der Waals surface area contributed by atoms with Gasteiger partial charge in [-0.15, -0.1) is 0 Å². The number of nitrogens with zero attached hydrogens (tertiary/aromatic N) is 3. The van der Waals surface area contributed by atoms with Crippen LogP contribution >= 0.6 is 0 Å². The molecule has 246 valence electrons. The first kappa shape index (κ1) is 28.7. The Labute approximate surface area is 306 Å². The van der Waals surface area contributed by atoms with Gasteiger partial charge in [-0.2, -0.15) is 0 Å². The Bertz CT molecular complexity index is 3040. The van der Waals surface area contributed by atoms with E-state index in [0.717, 1.165) is 39.3 Å². The van der Waals surface area contributed by atoms with Crippen molar-refractivity contribution in [2.75, 3.05) is 9.80 Å². The number of anilines is 6. The van der Waals surface area contributed by atoms with Gasteiger partial charge in [0, 0.05) is 61.2 Å². The first-order valence-electron chi connectivity index (χ1n) is 18.2. The molecule has 8 aromatic carbocycles. The Balaban J connectivity index is 1.27. The van der Waals surface area contributed by atoms with E-state index in [-0.39, 0.29) is 6.71 Å². The molecule has 0 saturated heterocycles. The van der Waals surface area contributed by atoms with Crippen molar-refractivity contribution in [3.05, 3.63) is 182 Å². The number of benzene rings is 8. The minimum absolute atomic E-state index is 0.0456. The largest absolute Gasteiger partial charge is 0.456 e. The maximum absolute atomic E-state index is 6.47. The van der Waals surface area contributed by atoms with E-state index >= 15 is 0 Å². The fourth-order valence-corrected chi connectivity index (χ4v) is 9.28. The van der Waals surface area contributed by atoms with Crippen molar-refractivity contribution >= 4 is 101 Å². The third-order valence-electron chi connectivity index (χ3n) is 11.3. The van der Waals surface area contributed by atoms with Crippen molar-refractivity contribution in [3.8, 4) is 5.69 Å². The molecule has 0 amide bonds. The molecule has 4 nitrogen and oxygen atoms in total. The van der Waals surface area contributed by atoms with Gasteiger partial charge in [0.05, 0.1) is 11.2 Å². The van der Waals surface area contributed by atoms with E-state index in [1.807, 2.05) is 0 Å². The average Bonchev–Trinajstić information content (AvgIpc) is 3.77. The zero-order valence-electron chi connectivity index (χ0n) is 28.6. The average molecular weight is 676 g/mol. The number of furan rings is 1. The van der Waals surface area contributed by atoms with Gasteiger partial charge in [0.2, 0.25) is 0 Å². The van der Waals surface area contributed by atoms with Gasteiger partial charge in [-0.05, 0) is 89.2 Å². The summed E-state index contributed by atoms with van der Waals surface area (Å²) in [6.07, 6.45) is 0. The second-order valence-corrected chi connectivity index (χ2v) is 14.1. The van der Waals surface area contributed by atoms with E-state index in [1.54, 1.807) is 0 Å². The predicted molar refractivity (Wildman–Crippen MR) is 222 cm³/mol. The molecule has 0 spiro atoms. The van der Waals surface area contributed by atoms with E-state index in [0.29, 0.717) is 0 Å². The summed E-state index contributed by atoms with van der Waals surface area (Å²) < 4.78 is 9.02. The van der Waals surface area contributed by atoms with Crippen LogP contribution in [0.4, 0.5) is 34.1 Å². The summed E-state index contributed by atoms with van der Waals surface area (Å²) in [4.78, 5) is 4.86. The molecule has 2 aliphatic heterocycles. The smallest absolute Gasteiger partial charge is 0.252 e. The van der Waals surface area contributed by atoms with Gasteiger partial charge < -0.3 is 18.8 Å². The Hall–Kier alpha value is -6.98. The summed E-state index contributed by atoms with van der Waals surface area (Å²) in [5.74, 6) is 0. The van der Waals surface area contributed by atoms with E-state index < -0.39 is 0 Å². The molecule has 0 unspecified atom stereocenters. The van der Waals surface area contributed by atoms with E-state index in [4.69, 9.17) is 4.42 Å². The molecule has 0 atom stereocenters. The molecule has 0 aliphatic carbocycles. The van der Waals surface area contributed by atoms with E-state index in [2.05, 4.69) is 196 Å². The second kappa shape index (κ2) is 10.8. The third-order valence-corrected chi connectivity index (χ3v) is 11.3. The number of rotatable bonds is 4. The molecule has 0 fully saturated rings. The van der Waals surface area contributed by atoms with Crippen molar-refractivity contribution in [3.63, 3.8) is 0 Å². The van der Waals surface area contributed by atoms with Gasteiger partial charge in [-0.25, -0.2) is 0 Å². The number of hydrogen-bond acceptors (Lipinski definition) is 3. The minimum Gasteiger partial charge on any atom is -0.456 e. The minimum atomic E-state index is 0.0456. The molecule has 0 radical (unpaired) electrons. The van der Waals surface area contributed by atoms with Crippen LogP contribution in [-0.4, -0.2) is 11.3 Å². The monoisotopic (exact) mass is 675 g/mol. The fourth-order valence-electron chi connectivity index (χ4n) is 9.28. The van der Waals surface area contributed by atoms with Crippen molar-refractivity contribution in [2.45, 2.75) is 0 Å². The summed E-state index contributed by atoms with van der Waals surface area (Å²) in [6.45, 7) is 0.0456. The molecule has 4 heterocycles. The van der Waals surface area contributed by atoms with Crippen LogP contribution in [0.2, 0.25) is 0 Å². The first-order valence-corrected chi connectivity index (χ1v) is 18.2. The molecule has 53 heavy (non-hydrogen) atoms. The molecule has 12 rings (SSSR count). The van der Waals surface area contributed by atoms with Gasteiger partial charge in [0.25, 0.3) is 6.71 Å². The number of fused-ring (bicyclic) bond motifs is 11. The Kier molecular flexibility index (Phi) is 5.83. The highest BCUT2D eigenvalue weighted by Gasteiger charge is 2.42. The van der Waals surface area contributed by atoms with Crippen LogP contribution in [0.5, 0.6) is 0 Å². The number of hydrogen-bond donors (Lipinski definition) is 0. The number of aromatic nitrogens is 1. The van der Waals surface area contributed by atoms with E-state index in [1.165, 1.54) is 60.6 Å². The summed E-state index contributed by atoms with van der Waals surface area (Å²) in [7, 11) is 0. The van der Waals surface area contributed by atoms with Crippen LogP contribution in [0.1, 0.15) is 0 Å². The molecule has 10 aromatic rings. The van der Waals surface area contributed by atoms with Crippen LogP contribution in [0.3, 0.4) is 0 Å². The van der Waals surface area contributed by atoms with Crippen LogP contribution < -0.4 is 26.2 Å². The predicted octanol–water partition coefficient (Wildman–Crippen LogP) is 10.8. The molecule has 5 heteroatoms. The molecular weight excluding hydrogens is 645 g/mol. The molecule has 0 saturated carbocycles. The lowest BCUT2D eigenvalue weighted by molar-refractivity contribution is 0.669. The van der Waals surface area contributed by atoms with Gasteiger partial charge in [-0.3, -0.25) is 0 Å². The van der Waals surface area contributed by atoms with Gasteiger partial charge in [-0.1, -0.05) is 109 Å². The summed E-state index contributed by atoms with van der Waals surface area (Å²) in [6, 6.07) is 65.9. The highest BCUT2D eigenvalue weighted by atomic mass is 16.3. The molecule has 2 aliphatic rings. The lowest BCUT2D eigenvalue weighted by Crippen LogP contribution is -2.60. The molecular formula is C48H30BN3O. The normalized spacial score (nSPS) is 12.8. The summed E-state index contributed by atoms with van der Waals surface area (Å²) >= 11 is 0. The van der Waals surface area contributed by atoms with E-state index in [9.17, 15) is 0 Å². The summed E-state index contributed by atoms with van der Waals surface area (Å²) in [5, 5.41) is 4.80. The zero-order valence-corrected chi connectivity index (χ0v) is 28.6. The lowest BCUT2D eigenvalue weighted by atomic mass is 9.34.